The molecule has 0 radical (unpaired) electrons. The Morgan fingerprint density at radius 2 is 2.00 bits per heavy atom. The summed E-state index contributed by atoms with van der Waals surface area (Å²) in [6.07, 6.45) is 3.38. The Bertz CT molecular complexity index is 870. The van der Waals surface area contributed by atoms with Gasteiger partial charge in [-0.05, 0) is 38.1 Å². The first-order chi connectivity index (χ1) is 12.1. The summed E-state index contributed by atoms with van der Waals surface area (Å²) < 4.78 is 11.8. The van der Waals surface area contributed by atoms with E-state index in [0.717, 1.165) is 17.0 Å². The maximum Gasteiger partial charge on any atom is 0.358 e. The molecule has 7 nitrogen and oxygen atoms in total. The van der Waals surface area contributed by atoms with E-state index >= 15 is 0 Å². The first-order valence-corrected chi connectivity index (χ1v) is 7.83. The van der Waals surface area contributed by atoms with Gasteiger partial charge in [0.2, 0.25) is 5.88 Å². The van der Waals surface area contributed by atoms with Crippen LogP contribution < -0.4 is 4.74 Å². The minimum Gasteiger partial charge on any atom is -0.481 e. The quantitative estimate of drug-likeness (QED) is 0.666. The van der Waals surface area contributed by atoms with Crippen LogP contribution in [0.25, 0.3) is 16.9 Å². The third kappa shape index (κ3) is 3.50. The Morgan fingerprint density at radius 1 is 1.16 bits per heavy atom. The zero-order valence-electron chi connectivity index (χ0n) is 14.3. The standard InChI is InChI=1S/C18H18N4O3/c1-4-25-18(23)15-9-16(13-6-5-12(2)19-10-13)22(21-15)14-7-8-17(24-3)20-11-14/h5-11H,4H2,1-3H3. The lowest BCUT2D eigenvalue weighted by atomic mass is 10.2. The van der Waals surface area contributed by atoms with Crippen LogP contribution in [0.15, 0.2) is 42.7 Å². The summed E-state index contributed by atoms with van der Waals surface area (Å²) in [5.41, 5.74) is 3.40. The highest BCUT2D eigenvalue weighted by Crippen LogP contribution is 2.24. The van der Waals surface area contributed by atoms with Crippen LogP contribution in [-0.4, -0.2) is 39.4 Å². The SMILES string of the molecule is CCOC(=O)c1cc(-c2ccc(C)nc2)n(-c2ccc(OC)nc2)n1. The van der Waals surface area contributed by atoms with Crippen LogP contribution in [0.1, 0.15) is 23.1 Å². The van der Waals surface area contributed by atoms with E-state index in [4.69, 9.17) is 9.47 Å². The summed E-state index contributed by atoms with van der Waals surface area (Å²) in [5, 5.41) is 4.39. The van der Waals surface area contributed by atoms with Crippen molar-refractivity contribution < 1.29 is 14.3 Å². The van der Waals surface area contributed by atoms with Crippen molar-refractivity contribution in [2.24, 2.45) is 0 Å². The molecule has 0 unspecified atom stereocenters. The van der Waals surface area contributed by atoms with Gasteiger partial charge in [0.15, 0.2) is 5.69 Å². The van der Waals surface area contributed by atoms with E-state index in [0.29, 0.717) is 11.6 Å². The molecule has 128 valence electrons. The molecule has 0 saturated carbocycles. The molecule has 3 aromatic rings. The average molecular weight is 338 g/mol. The number of aromatic nitrogens is 4. The van der Waals surface area contributed by atoms with Crippen LogP contribution >= 0.6 is 0 Å². The monoisotopic (exact) mass is 338 g/mol. The van der Waals surface area contributed by atoms with Crippen LogP contribution in [0, 0.1) is 6.92 Å². The fourth-order valence-electron chi connectivity index (χ4n) is 2.33. The van der Waals surface area contributed by atoms with Crippen LogP contribution in [-0.2, 0) is 4.74 Å². The molecule has 0 saturated heterocycles. The first-order valence-electron chi connectivity index (χ1n) is 7.83. The molecule has 3 aromatic heterocycles. The van der Waals surface area contributed by atoms with Crippen molar-refractivity contribution in [1.82, 2.24) is 19.7 Å². The lowest BCUT2D eigenvalue weighted by Crippen LogP contribution is -2.07. The van der Waals surface area contributed by atoms with E-state index in [1.54, 1.807) is 43.2 Å². The third-order valence-electron chi connectivity index (χ3n) is 3.58. The predicted octanol–water partition coefficient (Wildman–Crippen LogP) is 2.82. The van der Waals surface area contributed by atoms with E-state index in [1.807, 2.05) is 25.1 Å². The van der Waals surface area contributed by atoms with Gasteiger partial charge in [0, 0.05) is 23.5 Å². The second-order valence-electron chi connectivity index (χ2n) is 5.29. The smallest absolute Gasteiger partial charge is 0.358 e. The summed E-state index contributed by atoms with van der Waals surface area (Å²) in [6.45, 7) is 3.96. The van der Waals surface area contributed by atoms with Gasteiger partial charge in [0.05, 0.1) is 31.3 Å². The highest BCUT2D eigenvalue weighted by Gasteiger charge is 2.18. The molecule has 0 fully saturated rings. The highest BCUT2D eigenvalue weighted by molar-refractivity contribution is 5.89. The minimum absolute atomic E-state index is 0.230. The molecule has 7 heteroatoms. The molecular weight excluding hydrogens is 320 g/mol. The number of pyridine rings is 2. The predicted molar refractivity (Wildman–Crippen MR) is 91.8 cm³/mol. The second-order valence-corrected chi connectivity index (χ2v) is 5.29. The lowest BCUT2D eigenvalue weighted by Gasteiger charge is -2.08. The largest absolute Gasteiger partial charge is 0.481 e. The number of aryl methyl sites for hydroxylation is 1. The third-order valence-corrected chi connectivity index (χ3v) is 3.58. The normalized spacial score (nSPS) is 10.5. The Kier molecular flexibility index (Phi) is 4.74. The molecule has 0 N–H and O–H groups in total. The molecule has 0 atom stereocenters. The maximum absolute atomic E-state index is 12.1. The van der Waals surface area contributed by atoms with Gasteiger partial charge in [-0.15, -0.1) is 0 Å². The molecule has 3 rings (SSSR count). The molecular formula is C18H18N4O3. The van der Waals surface area contributed by atoms with Crippen molar-refractivity contribution in [1.29, 1.82) is 0 Å². The number of carbonyl (C=O) groups is 1. The molecule has 3 heterocycles. The summed E-state index contributed by atoms with van der Waals surface area (Å²) >= 11 is 0. The molecule has 0 aromatic carbocycles. The summed E-state index contributed by atoms with van der Waals surface area (Å²) in [6, 6.07) is 9.08. The van der Waals surface area contributed by atoms with E-state index < -0.39 is 5.97 Å². The number of nitrogens with zero attached hydrogens (tertiary/aromatic N) is 4. The van der Waals surface area contributed by atoms with E-state index in [1.165, 1.54) is 0 Å². The molecule has 0 aliphatic heterocycles. The molecule has 0 spiro atoms. The van der Waals surface area contributed by atoms with Gasteiger partial charge in [-0.2, -0.15) is 5.10 Å². The van der Waals surface area contributed by atoms with Crippen molar-refractivity contribution in [3.63, 3.8) is 0 Å². The van der Waals surface area contributed by atoms with Crippen LogP contribution in [0.3, 0.4) is 0 Å². The number of rotatable bonds is 5. The van der Waals surface area contributed by atoms with Crippen molar-refractivity contribution >= 4 is 5.97 Å². The van der Waals surface area contributed by atoms with E-state index in [-0.39, 0.29) is 12.3 Å². The molecule has 0 aliphatic rings. The number of ether oxygens (including phenoxy) is 2. The number of hydrogen-bond donors (Lipinski definition) is 0. The number of esters is 1. The summed E-state index contributed by atoms with van der Waals surface area (Å²) in [4.78, 5) is 20.6. The fraction of sp³-hybridized carbons (Fsp3) is 0.222. The second kappa shape index (κ2) is 7.12. The Morgan fingerprint density at radius 3 is 2.60 bits per heavy atom. The van der Waals surface area contributed by atoms with Gasteiger partial charge in [-0.1, -0.05) is 0 Å². The van der Waals surface area contributed by atoms with E-state index in [2.05, 4.69) is 15.1 Å². The fourth-order valence-corrected chi connectivity index (χ4v) is 2.33. The van der Waals surface area contributed by atoms with Gasteiger partial charge in [0.25, 0.3) is 0 Å². The van der Waals surface area contributed by atoms with E-state index in [9.17, 15) is 4.79 Å². The zero-order chi connectivity index (χ0) is 17.8. The molecule has 25 heavy (non-hydrogen) atoms. The van der Waals surface area contributed by atoms with Crippen molar-refractivity contribution in [2.75, 3.05) is 13.7 Å². The highest BCUT2D eigenvalue weighted by atomic mass is 16.5. The topological polar surface area (TPSA) is 79.1 Å². The van der Waals surface area contributed by atoms with Crippen molar-refractivity contribution in [3.05, 3.63) is 54.1 Å². The Balaban J connectivity index is 2.10. The van der Waals surface area contributed by atoms with Crippen molar-refractivity contribution in [2.45, 2.75) is 13.8 Å². The first kappa shape index (κ1) is 16.6. The van der Waals surface area contributed by atoms with Gasteiger partial charge in [0.1, 0.15) is 0 Å². The minimum atomic E-state index is -0.468. The van der Waals surface area contributed by atoms with Gasteiger partial charge in [-0.3, -0.25) is 4.98 Å². The number of methoxy groups -OCH3 is 1. The Hall–Kier alpha value is -3.22. The zero-order valence-corrected chi connectivity index (χ0v) is 14.3. The van der Waals surface area contributed by atoms with Gasteiger partial charge >= 0.3 is 5.97 Å². The average Bonchev–Trinajstić information content (AvgIpc) is 3.08. The van der Waals surface area contributed by atoms with Gasteiger partial charge < -0.3 is 9.47 Å². The van der Waals surface area contributed by atoms with Crippen LogP contribution in [0.4, 0.5) is 0 Å². The Labute approximate surface area is 145 Å². The number of hydrogen-bond acceptors (Lipinski definition) is 6. The molecule has 0 bridgehead atoms. The summed E-state index contributed by atoms with van der Waals surface area (Å²) in [5.74, 6) is 0.0316. The van der Waals surface area contributed by atoms with Crippen molar-refractivity contribution in [3.8, 4) is 22.8 Å². The van der Waals surface area contributed by atoms with Crippen LogP contribution in [0.2, 0.25) is 0 Å². The molecule has 0 amide bonds. The molecule has 0 aliphatic carbocycles. The maximum atomic E-state index is 12.1. The number of carbonyl (C=O) groups excluding carboxylic acids is 1. The van der Waals surface area contributed by atoms with Gasteiger partial charge in [-0.25, -0.2) is 14.5 Å². The van der Waals surface area contributed by atoms with Crippen LogP contribution in [0.5, 0.6) is 5.88 Å². The lowest BCUT2D eigenvalue weighted by molar-refractivity contribution is 0.0519. The summed E-state index contributed by atoms with van der Waals surface area (Å²) in [7, 11) is 1.55.